The number of ether oxygens (including phenoxy) is 1. The molecule has 21 heavy (non-hydrogen) atoms. The van der Waals surface area contributed by atoms with Gasteiger partial charge in [-0.15, -0.1) is 0 Å². The van der Waals surface area contributed by atoms with Crippen molar-refractivity contribution in [2.24, 2.45) is 0 Å². The summed E-state index contributed by atoms with van der Waals surface area (Å²) in [4.78, 5) is 11.8. The summed E-state index contributed by atoms with van der Waals surface area (Å²) in [7, 11) is 1.41. The maximum Gasteiger partial charge on any atom is 0.338 e. The summed E-state index contributed by atoms with van der Waals surface area (Å²) in [6.07, 6.45) is 2.05. The zero-order chi connectivity index (χ0) is 14.8. The average Bonchev–Trinajstić information content (AvgIpc) is 2.89. The fourth-order valence-corrected chi connectivity index (χ4v) is 2.61. The summed E-state index contributed by atoms with van der Waals surface area (Å²) in [5.74, 6) is -0.294. The first-order valence-corrected chi connectivity index (χ1v) is 6.91. The number of hydrogen-bond acceptors (Lipinski definition) is 2. The quantitative estimate of drug-likeness (QED) is 0.683. The van der Waals surface area contributed by atoms with E-state index in [1.54, 1.807) is 6.07 Å². The highest BCUT2D eigenvalue weighted by molar-refractivity contribution is 5.91. The van der Waals surface area contributed by atoms with E-state index in [1.807, 2.05) is 18.2 Å². The van der Waals surface area contributed by atoms with Crippen molar-refractivity contribution in [2.45, 2.75) is 13.5 Å². The van der Waals surface area contributed by atoms with Crippen molar-refractivity contribution in [2.75, 3.05) is 7.11 Å². The van der Waals surface area contributed by atoms with Crippen LogP contribution in [0.2, 0.25) is 0 Å². The van der Waals surface area contributed by atoms with E-state index in [-0.39, 0.29) is 5.97 Å². The number of aromatic nitrogens is 1. The molecular formula is C18H17NO2. The van der Waals surface area contributed by atoms with Gasteiger partial charge in [0.25, 0.3) is 0 Å². The molecule has 0 saturated heterocycles. The molecule has 3 aromatic rings. The second-order valence-corrected chi connectivity index (χ2v) is 5.15. The van der Waals surface area contributed by atoms with E-state index >= 15 is 0 Å². The van der Waals surface area contributed by atoms with E-state index in [0.717, 1.165) is 5.56 Å². The molecule has 0 fully saturated rings. The number of carbonyl (C=O) groups is 1. The molecule has 0 aliphatic carbocycles. The standard InChI is InChI=1S/C18H17NO2/c1-13-7-8-17-14(11-13)9-10-19(17)12-15-5-3-4-6-16(15)18(20)21-2/h3-11H,12H2,1-2H3. The molecule has 0 unspecified atom stereocenters. The highest BCUT2D eigenvalue weighted by atomic mass is 16.5. The van der Waals surface area contributed by atoms with Crippen LogP contribution >= 0.6 is 0 Å². The van der Waals surface area contributed by atoms with Crippen LogP contribution < -0.4 is 0 Å². The summed E-state index contributed by atoms with van der Waals surface area (Å²) in [6, 6.07) is 16.0. The van der Waals surface area contributed by atoms with Crippen molar-refractivity contribution >= 4 is 16.9 Å². The van der Waals surface area contributed by atoms with Crippen molar-refractivity contribution in [1.82, 2.24) is 4.57 Å². The molecule has 1 aromatic heterocycles. The van der Waals surface area contributed by atoms with E-state index < -0.39 is 0 Å². The van der Waals surface area contributed by atoms with Crippen molar-refractivity contribution in [3.63, 3.8) is 0 Å². The van der Waals surface area contributed by atoms with Crippen LogP contribution in [0.3, 0.4) is 0 Å². The fourth-order valence-electron chi connectivity index (χ4n) is 2.61. The third-order valence-corrected chi connectivity index (χ3v) is 3.69. The van der Waals surface area contributed by atoms with E-state index in [2.05, 4.69) is 42.0 Å². The summed E-state index contributed by atoms with van der Waals surface area (Å²) in [6.45, 7) is 2.74. The number of aryl methyl sites for hydroxylation is 1. The Hall–Kier alpha value is -2.55. The van der Waals surface area contributed by atoms with Gasteiger partial charge in [0, 0.05) is 18.3 Å². The zero-order valence-corrected chi connectivity index (χ0v) is 12.2. The van der Waals surface area contributed by atoms with Crippen LogP contribution in [0, 0.1) is 6.92 Å². The number of hydrogen-bond donors (Lipinski definition) is 0. The van der Waals surface area contributed by atoms with Crippen LogP contribution in [-0.4, -0.2) is 17.6 Å². The molecule has 106 valence electrons. The number of benzene rings is 2. The summed E-state index contributed by atoms with van der Waals surface area (Å²) >= 11 is 0. The van der Waals surface area contributed by atoms with Gasteiger partial charge >= 0.3 is 5.97 Å². The van der Waals surface area contributed by atoms with Crippen LogP contribution in [0.5, 0.6) is 0 Å². The third-order valence-electron chi connectivity index (χ3n) is 3.69. The molecule has 3 nitrogen and oxygen atoms in total. The Balaban J connectivity index is 2.01. The van der Waals surface area contributed by atoms with Gasteiger partial charge in [-0.05, 0) is 42.1 Å². The van der Waals surface area contributed by atoms with Crippen molar-refractivity contribution in [3.05, 3.63) is 71.4 Å². The van der Waals surface area contributed by atoms with Crippen molar-refractivity contribution < 1.29 is 9.53 Å². The maximum atomic E-state index is 11.8. The third kappa shape index (κ3) is 2.55. The van der Waals surface area contributed by atoms with Gasteiger partial charge < -0.3 is 9.30 Å². The van der Waals surface area contributed by atoms with Crippen LogP contribution in [0.25, 0.3) is 10.9 Å². The predicted molar refractivity (Wildman–Crippen MR) is 83.6 cm³/mol. The van der Waals surface area contributed by atoms with Crippen LogP contribution in [0.4, 0.5) is 0 Å². The smallest absolute Gasteiger partial charge is 0.338 e. The van der Waals surface area contributed by atoms with Gasteiger partial charge in [-0.1, -0.05) is 29.8 Å². The molecule has 0 bridgehead atoms. The Morgan fingerprint density at radius 3 is 2.76 bits per heavy atom. The summed E-state index contributed by atoms with van der Waals surface area (Å²) in [5.41, 5.74) is 3.99. The first-order chi connectivity index (χ1) is 10.2. The molecule has 0 amide bonds. The summed E-state index contributed by atoms with van der Waals surface area (Å²) < 4.78 is 7.00. The van der Waals surface area contributed by atoms with Crippen LogP contribution in [0.15, 0.2) is 54.7 Å². The van der Waals surface area contributed by atoms with Crippen LogP contribution in [0.1, 0.15) is 21.5 Å². The van der Waals surface area contributed by atoms with Gasteiger partial charge in [0.15, 0.2) is 0 Å². The molecule has 0 saturated carbocycles. The molecule has 3 heteroatoms. The van der Waals surface area contributed by atoms with Gasteiger partial charge in [-0.25, -0.2) is 4.79 Å². The predicted octanol–water partition coefficient (Wildman–Crippen LogP) is 3.78. The van der Waals surface area contributed by atoms with Gasteiger partial charge in [0.05, 0.1) is 12.7 Å². The number of fused-ring (bicyclic) bond motifs is 1. The molecule has 0 aliphatic rings. The second-order valence-electron chi connectivity index (χ2n) is 5.15. The maximum absolute atomic E-state index is 11.8. The molecule has 0 aliphatic heterocycles. The SMILES string of the molecule is COC(=O)c1ccccc1Cn1ccc2cc(C)ccc21. The number of esters is 1. The Morgan fingerprint density at radius 1 is 1.14 bits per heavy atom. The minimum atomic E-state index is -0.294. The summed E-state index contributed by atoms with van der Waals surface area (Å²) in [5, 5.41) is 1.21. The van der Waals surface area contributed by atoms with Crippen LogP contribution in [-0.2, 0) is 11.3 Å². The molecule has 0 N–H and O–H groups in total. The largest absolute Gasteiger partial charge is 0.465 e. The zero-order valence-electron chi connectivity index (χ0n) is 12.2. The Labute approximate surface area is 123 Å². The van der Waals surface area contributed by atoms with Gasteiger partial charge in [0.1, 0.15) is 0 Å². The van der Waals surface area contributed by atoms with E-state index in [9.17, 15) is 4.79 Å². The molecule has 0 radical (unpaired) electrons. The first-order valence-electron chi connectivity index (χ1n) is 6.91. The Morgan fingerprint density at radius 2 is 1.95 bits per heavy atom. The fraction of sp³-hybridized carbons (Fsp3) is 0.167. The lowest BCUT2D eigenvalue weighted by molar-refractivity contribution is 0.0599. The lowest BCUT2D eigenvalue weighted by Crippen LogP contribution is -2.08. The number of nitrogens with zero attached hydrogens (tertiary/aromatic N) is 1. The van der Waals surface area contributed by atoms with Gasteiger partial charge in [0.2, 0.25) is 0 Å². The van der Waals surface area contributed by atoms with Gasteiger partial charge in [-0.2, -0.15) is 0 Å². The minimum Gasteiger partial charge on any atom is -0.465 e. The number of carbonyl (C=O) groups excluding carboxylic acids is 1. The van der Waals surface area contributed by atoms with Gasteiger partial charge in [-0.3, -0.25) is 0 Å². The average molecular weight is 279 g/mol. The second kappa shape index (κ2) is 5.44. The molecule has 2 aromatic carbocycles. The lowest BCUT2D eigenvalue weighted by atomic mass is 10.1. The molecular weight excluding hydrogens is 262 g/mol. The topological polar surface area (TPSA) is 31.2 Å². The Bertz CT molecular complexity index is 802. The minimum absolute atomic E-state index is 0.294. The molecule has 0 atom stereocenters. The first kappa shape index (κ1) is 13.4. The highest BCUT2D eigenvalue weighted by Crippen LogP contribution is 2.20. The van der Waals surface area contributed by atoms with E-state index in [4.69, 9.17) is 4.74 Å². The number of rotatable bonds is 3. The monoisotopic (exact) mass is 279 g/mol. The Kier molecular flexibility index (Phi) is 3.48. The molecule has 1 heterocycles. The van der Waals surface area contributed by atoms with Crippen molar-refractivity contribution in [1.29, 1.82) is 0 Å². The molecule has 0 spiro atoms. The van der Waals surface area contributed by atoms with E-state index in [1.165, 1.54) is 23.6 Å². The highest BCUT2D eigenvalue weighted by Gasteiger charge is 2.12. The number of methoxy groups -OCH3 is 1. The molecule has 3 rings (SSSR count). The van der Waals surface area contributed by atoms with E-state index in [0.29, 0.717) is 12.1 Å². The normalized spacial score (nSPS) is 10.8. The van der Waals surface area contributed by atoms with Crippen molar-refractivity contribution in [3.8, 4) is 0 Å². The lowest BCUT2D eigenvalue weighted by Gasteiger charge is -2.10.